The van der Waals surface area contributed by atoms with Gasteiger partial charge in [0.1, 0.15) is 0 Å². The first-order valence-electron chi connectivity index (χ1n) is 9.86. The number of amides is 1. The molecular weight excluding hydrogens is 496 g/mol. The number of benzene rings is 3. The van der Waals surface area contributed by atoms with Gasteiger partial charge in [0.2, 0.25) is 5.13 Å². The van der Waals surface area contributed by atoms with E-state index in [0.717, 1.165) is 5.56 Å². The minimum absolute atomic E-state index is 0.0172. The SMILES string of the molecule is Cc1cccc(C(=O)Nc2nnc(S(=O)(=O)Nc3ccc(Cl)cc3C(=O)c3ccccc3)s2)c1. The molecule has 0 aliphatic heterocycles. The number of rotatable bonds is 7. The molecule has 3 aromatic carbocycles. The van der Waals surface area contributed by atoms with E-state index in [1.165, 1.54) is 18.2 Å². The molecule has 0 saturated heterocycles. The Hall–Kier alpha value is -3.60. The standard InChI is InChI=1S/C23H17ClN4O4S2/c1-14-6-5-9-16(12-14)21(30)25-22-26-27-23(33-22)34(31,32)28-19-11-10-17(24)13-18(19)20(29)15-7-3-2-4-8-15/h2-13,28H,1H3,(H,25,26,30). The maximum Gasteiger partial charge on any atom is 0.291 e. The molecule has 0 fully saturated rings. The van der Waals surface area contributed by atoms with E-state index in [1.54, 1.807) is 48.5 Å². The summed E-state index contributed by atoms with van der Waals surface area (Å²) in [5.74, 6) is -0.839. The third-order valence-electron chi connectivity index (χ3n) is 4.64. The van der Waals surface area contributed by atoms with Crippen LogP contribution in [0.1, 0.15) is 31.8 Å². The molecular formula is C23H17ClN4O4S2. The zero-order valence-electron chi connectivity index (χ0n) is 17.7. The molecule has 0 aliphatic rings. The van der Waals surface area contributed by atoms with Crippen LogP contribution in [0.2, 0.25) is 5.02 Å². The Morgan fingerprint density at radius 3 is 2.38 bits per heavy atom. The number of aromatic nitrogens is 2. The number of ketones is 1. The van der Waals surface area contributed by atoms with Crippen LogP contribution in [-0.4, -0.2) is 30.3 Å². The quantitative estimate of drug-likeness (QED) is 0.271. The molecule has 34 heavy (non-hydrogen) atoms. The molecule has 4 aromatic rings. The number of anilines is 2. The minimum atomic E-state index is -4.20. The molecule has 8 nitrogen and oxygen atoms in total. The lowest BCUT2D eigenvalue weighted by atomic mass is 10.0. The number of nitrogens with one attached hydrogen (secondary N) is 2. The Morgan fingerprint density at radius 1 is 0.912 bits per heavy atom. The highest BCUT2D eigenvalue weighted by atomic mass is 35.5. The van der Waals surface area contributed by atoms with Gasteiger partial charge in [-0.3, -0.25) is 19.6 Å². The van der Waals surface area contributed by atoms with Gasteiger partial charge < -0.3 is 0 Å². The lowest BCUT2D eigenvalue weighted by Gasteiger charge is -2.11. The van der Waals surface area contributed by atoms with E-state index < -0.39 is 21.7 Å². The monoisotopic (exact) mass is 512 g/mol. The first kappa shape index (κ1) is 23.6. The van der Waals surface area contributed by atoms with Crippen molar-refractivity contribution >= 4 is 55.5 Å². The molecule has 0 unspecified atom stereocenters. The Kier molecular flexibility index (Phi) is 6.73. The number of aryl methyl sites for hydroxylation is 1. The molecule has 0 spiro atoms. The van der Waals surface area contributed by atoms with Crippen molar-refractivity contribution in [2.45, 2.75) is 11.3 Å². The average Bonchev–Trinajstić information content (AvgIpc) is 3.30. The Bertz CT molecular complexity index is 1490. The van der Waals surface area contributed by atoms with Crippen molar-refractivity contribution < 1.29 is 18.0 Å². The molecule has 2 N–H and O–H groups in total. The van der Waals surface area contributed by atoms with Gasteiger partial charge in [-0.05, 0) is 37.3 Å². The fourth-order valence-electron chi connectivity index (χ4n) is 3.05. The Labute approximate surface area is 204 Å². The van der Waals surface area contributed by atoms with E-state index in [9.17, 15) is 18.0 Å². The van der Waals surface area contributed by atoms with Gasteiger partial charge in [0.15, 0.2) is 5.78 Å². The lowest BCUT2D eigenvalue weighted by molar-refractivity contribution is 0.102. The van der Waals surface area contributed by atoms with Crippen molar-refractivity contribution in [1.29, 1.82) is 0 Å². The molecule has 0 bridgehead atoms. The molecule has 1 amide bonds. The fraction of sp³-hybridized carbons (Fsp3) is 0.0435. The third kappa shape index (κ3) is 5.30. The second kappa shape index (κ2) is 9.72. The minimum Gasteiger partial charge on any atom is -0.296 e. The second-order valence-electron chi connectivity index (χ2n) is 7.19. The summed E-state index contributed by atoms with van der Waals surface area (Å²) >= 11 is 6.74. The van der Waals surface area contributed by atoms with E-state index in [1.807, 2.05) is 13.0 Å². The number of sulfonamides is 1. The molecule has 4 rings (SSSR count). The van der Waals surface area contributed by atoms with Crippen LogP contribution < -0.4 is 10.0 Å². The van der Waals surface area contributed by atoms with Crippen molar-refractivity contribution in [2.24, 2.45) is 0 Å². The molecule has 1 heterocycles. The molecule has 172 valence electrons. The van der Waals surface area contributed by atoms with Gasteiger partial charge >= 0.3 is 0 Å². The summed E-state index contributed by atoms with van der Waals surface area (Å²) in [5.41, 5.74) is 1.81. The van der Waals surface area contributed by atoms with E-state index in [-0.39, 0.29) is 25.7 Å². The predicted octanol–water partition coefficient (Wildman–Crippen LogP) is 4.78. The molecule has 0 atom stereocenters. The number of nitrogens with zero attached hydrogens (tertiary/aromatic N) is 2. The summed E-state index contributed by atoms with van der Waals surface area (Å²) in [5, 5.41) is 10.3. The van der Waals surface area contributed by atoms with Crippen LogP contribution in [0.25, 0.3) is 0 Å². The number of carbonyl (C=O) groups excluding carboxylic acids is 2. The van der Waals surface area contributed by atoms with Crippen molar-refractivity contribution in [3.8, 4) is 0 Å². The van der Waals surface area contributed by atoms with Gasteiger partial charge in [0.05, 0.1) is 5.69 Å². The number of hydrogen-bond acceptors (Lipinski definition) is 7. The molecule has 0 radical (unpaired) electrons. The highest BCUT2D eigenvalue weighted by molar-refractivity contribution is 7.94. The van der Waals surface area contributed by atoms with Crippen LogP contribution in [0.4, 0.5) is 10.8 Å². The molecule has 0 saturated carbocycles. The predicted molar refractivity (Wildman–Crippen MR) is 131 cm³/mol. The first-order valence-corrected chi connectivity index (χ1v) is 12.5. The third-order valence-corrected chi connectivity index (χ3v) is 7.45. The van der Waals surface area contributed by atoms with Crippen LogP contribution >= 0.6 is 22.9 Å². The summed E-state index contributed by atoms with van der Waals surface area (Å²) in [4.78, 5) is 25.4. The van der Waals surface area contributed by atoms with Crippen LogP contribution in [-0.2, 0) is 10.0 Å². The second-order valence-corrected chi connectivity index (χ2v) is 10.5. The average molecular weight is 513 g/mol. The largest absolute Gasteiger partial charge is 0.296 e. The van der Waals surface area contributed by atoms with Crippen LogP contribution in [0.3, 0.4) is 0 Å². The van der Waals surface area contributed by atoms with Crippen molar-refractivity contribution in [3.63, 3.8) is 0 Å². The number of carbonyl (C=O) groups is 2. The van der Waals surface area contributed by atoms with Gasteiger partial charge in [0.25, 0.3) is 20.3 Å². The maximum atomic E-state index is 13.0. The lowest BCUT2D eigenvalue weighted by Crippen LogP contribution is -2.16. The van der Waals surface area contributed by atoms with Crippen molar-refractivity contribution in [1.82, 2.24) is 10.2 Å². The maximum absolute atomic E-state index is 13.0. The zero-order chi connectivity index (χ0) is 24.3. The Balaban J connectivity index is 1.57. The van der Waals surface area contributed by atoms with Gasteiger partial charge in [-0.15, -0.1) is 10.2 Å². The summed E-state index contributed by atoms with van der Waals surface area (Å²) in [7, 11) is -4.20. The smallest absolute Gasteiger partial charge is 0.291 e. The van der Waals surface area contributed by atoms with E-state index in [0.29, 0.717) is 22.5 Å². The van der Waals surface area contributed by atoms with Crippen molar-refractivity contribution in [3.05, 3.63) is 100 Å². The Morgan fingerprint density at radius 2 is 1.65 bits per heavy atom. The number of hydrogen-bond donors (Lipinski definition) is 2. The summed E-state index contributed by atoms with van der Waals surface area (Å²) in [6.07, 6.45) is 0. The zero-order valence-corrected chi connectivity index (χ0v) is 20.0. The summed E-state index contributed by atoms with van der Waals surface area (Å²) in [6.45, 7) is 1.85. The van der Waals surface area contributed by atoms with Crippen LogP contribution in [0.15, 0.2) is 77.1 Å². The fourth-order valence-corrected chi connectivity index (χ4v) is 5.20. The van der Waals surface area contributed by atoms with Gasteiger partial charge in [-0.1, -0.05) is 71.0 Å². The highest BCUT2D eigenvalue weighted by Crippen LogP contribution is 2.28. The highest BCUT2D eigenvalue weighted by Gasteiger charge is 2.24. The van der Waals surface area contributed by atoms with E-state index in [2.05, 4.69) is 20.2 Å². The molecule has 1 aromatic heterocycles. The van der Waals surface area contributed by atoms with E-state index in [4.69, 9.17) is 11.6 Å². The summed E-state index contributed by atoms with van der Waals surface area (Å²) in [6, 6.07) is 19.6. The van der Waals surface area contributed by atoms with Crippen LogP contribution in [0.5, 0.6) is 0 Å². The topological polar surface area (TPSA) is 118 Å². The van der Waals surface area contributed by atoms with Gasteiger partial charge in [-0.25, -0.2) is 0 Å². The van der Waals surface area contributed by atoms with Crippen LogP contribution in [0, 0.1) is 6.92 Å². The first-order chi connectivity index (χ1) is 16.2. The number of halogens is 1. The van der Waals surface area contributed by atoms with Crippen molar-refractivity contribution in [2.75, 3.05) is 10.0 Å². The molecule has 11 heteroatoms. The summed E-state index contributed by atoms with van der Waals surface area (Å²) < 4.78 is 27.9. The normalized spacial score (nSPS) is 11.1. The van der Waals surface area contributed by atoms with E-state index >= 15 is 0 Å². The van der Waals surface area contributed by atoms with Gasteiger partial charge in [-0.2, -0.15) is 8.42 Å². The molecule has 0 aliphatic carbocycles. The van der Waals surface area contributed by atoms with Gasteiger partial charge in [0, 0.05) is 21.7 Å².